The van der Waals surface area contributed by atoms with Gasteiger partial charge in [-0.15, -0.1) is 0 Å². The predicted molar refractivity (Wildman–Crippen MR) is 136 cm³/mol. The number of fused-ring (bicyclic) bond motifs is 1. The van der Waals surface area contributed by atoms with E-state index >= 15 is 0 Å². The van der Waals surface area contributed by atoms with Gasteiger partial charge in [-0.3, -0.25) is 14.6 Å². The van der Waals surface area contributed by atoms with Crippen molar-refractivity contribution in [3.05, 3.63) is 96.2 Å². The normalized spacial score (nSPS) is 15.0. The summed E-state index contributed by atoms with van der Waals surface area (Å²) >= 11 is 0. The minimum absolute atomic E-state index is 0.00562. The van der Waals surface area contributed by atoms with Crippen LogP contribution in [-0.4, -0.2) is 53.0 Å². The smallest absolute Gasteiger partial charge is 0.254 e. The van der Waals surface area contributed by atoms with Crippen LogP contribution in [0.4, 0.5) is 0 Å². The number of aromatic nitrogens is 1. The second-order valence-corrected chi connectivity index (χ2v) is 8.44. The molecule has 6 heteroatoms. The standard InChI is InChI=1S/C19H19NO3.C10H9NO/c1-13-4-2-3-5-18(13)14-6-8-15(9-7-14)19(23)20-11-17(22)10-16(20)12-21;1-12-9-6-2-4-8-5-3-7-11-10(8)9/h2-9,16,21H,10-12H2,1H3;2-7H,1H3/t16-;/m0./s1. The number of aryl methyl sites for hydroxylation is 1. The van der Waals surface area contributed by atoms with Gasteiger partial charge < -0.3 is 14.7 Å². The van der Waals surface area contributed by atoms with Gasteiger partial charge in [0.15, 0.2) is 5.78 Å². The summed E-state index contributed by atoms with van der Waals surface area (Å²) in [6.45, 7) is 1.96. The highest BCUT2D eigenvalue weighted by atomic mass is 16.5. The molecule has 4 aromatic rings. The highest BCUT2D eigenvalue weighted by Gasteiger charge is 2.33. The van der Waals surface area contributed by atoms with Crippen LogP contribution in [0.5, 0.6) is 5.75 Å². The first-order chi connectivity index (χ1) is 17.0. The Morgan fingerprint density at radius 1 is 1.03 bits per heavy atom. The second kappa shape index (κ2) is 10.9. The molecule has 1 aromatic heterocycles. The Kier molecular flexibility index (Phi) is 7.53. The molecule has 6 nitrogen and oxygen atoms in total. The van der Waals surface area contributed by atoms with E-state index in [9.17, 15) is 14.7 Å². The fraction of sp³-hybridized carbons (Fsp3) is 0.207. The zero-order valence-corrected chi connectivity index (χ0v) is 19.8. The zero-order valence-electron chi connectivity index (χ0n) is 19.8. The molecular weight excluding hydrogens is 440 g/mol. The van der Waals surface area contributed by atoms with E-state index < -0.39 is 6.04 Å². The number of carbonyl (C=O) groups is 2. The number of carbonyl (C=O) groups excluding carboxylic acids is 2. The highest BCUT2D eigenvalue weighted by molar-refractivity contribution is 5.99. The average Bonchev–Trinajstić information content (AvgIpc) is 3.29. The van der Waals surface area contributed by atoms with Crippen LogP contribution in [0.3, 0.4) is 0 Å². The van der Waals surface area contributed by atoms with Crippen LogP contribution in [0.2, 0.25) is 0 Å². The summed E-state index contributed by atoms with van der Waals surface area (Å²) in [5.74, 6) is 0.619. The fourth-order valence-electron chi connectivity index (χ4n) is 4.25. The molecule has 0 bridgehead atoms. The number of benzene rings is 3. The summed E-state index contributed by atoms with van der Waals surface area (Å²) < 4.78 is 5.16. The first-order valence-corrected chi connectivity index (χ1v) is 11.5. The Labute approximate surface area is 204 Å². The number of hydrogen-bond donors (Lipinski definition) is 1. The lowest BCUT2D eigenvalue weighted by molar-refractivity contribution is -0.116. The van der Waals surface area contributed by atoms with Crippen LogP contribution in [0.1, 0.15) is 22.3 Å². The average molecular weight is 469 g/mol. The van der Waals surface area contributed by atoms with E-state index in [0.717, 1.165) is 27.8 Å². The van der Waals surface area contributed by atoms with Gasteiger partial charge in [-0.05, 0) is 47.9 Å². The molecule has 3 aromatic carbocycles. The summed E-state index contributed by atoms with van der Waals surface area (Å²) in [7, 11) is 1.66. The molecule has 1 saturated heterocycles. The van der Waals surface area contributed by atoms with Crippen molar-refractivity contribution >= 4 is 22.6 Å². The van der Waals surface area contributed by atoms with Gasteiger partial charge in [0.1, 0.15) is 11.3 Å². The molecule has 1 aliphatic heterocycles. The molecule has 0 radical (unpaired) electrons. The third kappa shape index (κ3) is 5.39. The number of methoxy groups -OCH3 is 1. The number of likely N-dealkylation sites (tertiary alicyclic amines) is 1. The second-order valence-electron chi connectivity index (χ2n) is 8.44. The highest BCUT2D eigenvalue weighted by Crippen LogP contribution is 2.25. The van der Waals surface area contributed by atoms with E-state index in [4.69, 9.17) is 4.74 Å². The van der Waals surface area contributed by atoms with Crippen molar-refractivity contribution in [1.29, 1.82) is 0 Å². The first-order valence-electron chi connectivity index (χ1n) is 11.5. The van der Waals surface area contributed by atoms with Gasteiger partial charge in [0.05, 0.1) is 26.3 Å². The summed E-state index contributed by atoms with van der Waals surface area (Å²) in [5.41, 5.74) is 4.82. The molecule has 0 unspecified atom stereocenters. The zero-order chi connectivity index (χ0) is 24.8. The van der Waals surface area contributed by atoms with Crippen LogP contribution in [0, 0.1) is 6.92 Å². The fourth-order valence-corrected chi connectivity index (χ4v) is 4.25. The van der Waals surface area contributed by atoms with E-state index in [0.29, 0.717) is 5.56 Å². The topological polar surface area (TPSA) is 79.7 Å². The Morgan fingerprint density at radius 3 is 2.49 bits per heavy atom. The summed E-state index contributed by atoms with van der Waals surface area (Å²) in [6, 6.07) is 24.9. The summed E-state index contributed by atoms with van der Waals surface area (Å²) in [6.07, 6.45) is 2.01. The number of Topliss-reactive ketones (excluding diaryl/α,β-unsaturated/α-hetero) is 1. The number of rotatable bonds is 4. The van der Waals surface area contributed by atoms with Crippen LogP contribution in [-0.2, 0) is 4.79 Å². The molecule has 0 spiro atoms. The molecule has 2 heterocycles. The van der Waals surface area contributed by atoms with Crippen molar-refractivity contribution in [1.82, 2.24) is 9.88 Å². The Hall–Kier alpha value is -4.03. The van der Waals surface area contributed by atoms with Crippen molar-refractivity contribution in [3.8, 4) is 16.9 Å². The van der Waals surface area contributed by atoms with Gasteiger partial charge in [-0.2, -0.15) is 0 Å². The van der Waals surface area contributed by atoms with Gasteiger partial charge in [0, 0.05) is 23.6 Å². The molecule has 35 heavy (non-hydrogen) atoms. The largest absolute Gasteiger partial charge is 0.494 e. The maximum Gasteiger partial charge on any atom is 0.254 e. The summed E-state index contributed by atoms with van der Waals surface area (Å²) in [5, 5.41) is 10.4. The minimum Gasteiger partial charge on any atom is -0.494 e. The third-order valence-corrected chi connectivity index (χ3v) is 6.13. The predicted octanol–water partition coefficient (Wildman–Crippen LogP) is 4.68. The van der Waals surface area contributed by atoms with Gasteiger partial charge in [0.25, 0.3) is 5.91 Å². The SMILES string of the molecule is COc1cccc2cccnc12.Cc1ccccc1-c1ccc(C(=O)N2CC(=O)C[C@H]2CO)cc1. The maximum absolute atomic E-state index is 12.5. The van der Waals surface area contributed by atoms with E-state index in [1.807, 2.05) is 60.7 Å². The molecular formula is C29H28N2O4. The number of ether oxygens (including phenoxy) is 1. The summed E-state index contributed by atoms with van der Waals surface area (Å²) in [4.78, 5) is 29.8. The van der Waals surface area contributed by atoms with Gasteiger partial charge in [0.2, 0.25) is 0 Å². The number of pyridine rings is 1. The number of aliphatic hydroxyl groups is 1. The van der Waals surface area contributed by atoms with Crippen molar-refractivity contribution in [3.63, 3.8) is 0 Å². The monoisotopic (exact) mass is 468 g/mol. The number of aliphatic hydroxyl groups excluding tert-OH is 1. The number of para-hydroxylation sites is 1. The number of nitrogens with zero attached hydrogens (tertiary/aromatic N) is 2. The Bertz CT molecular complexity index is 1330. The quantitative estimate of drug-likeness (QED) is 0.470. The Balaban J connectivity index is 0.000000201. The molecule has 1 aliphatic rings. The van der Waals surface area contributed by atoms with Crippen LogP contribution < -0.4 is 4.74 Å². The molecule has 1 atom stereocenters. The lowest BCUT2D eigenvalue weighted by Gasteiger charge is -2.22. The first kappa shape index (κ1) is 24.1. The number of ketones is 1. The maximum atomic E-state index is 12.5. The molecule has 0 saturated carbocycles. The number of amides is 1. The van der Waals surface area contributed by atoms with E-state index in [1.54, 1.807) is 25.4 Å². The van der Waals surface area contributed by atoms with Crippen LogP contribution in [0.15, 0.2) is 85.1 Å². The molecule has 1 amide bonds. The van der Waals surface area contributed by atoms with E-state index in [2.05, 4.69) is 18.0 Å². The lowest BCUT2D eigenvalue weighted by Crippen LogP contribution is -2.37. The molecule has 0 aliphatic carbocycles. The molecule has 1 fully saturated rings. The van der Waals surface area contributed by atoms with Crippen molar-refractivity contribution < 1.29 is 19.4 Å². The number of hydrogen-bond acceptors (Lipinski definition) is 5. The van der Waals surface area contributed by atoms with E-state index in [1.165, 1.54) is 10.5 Å². The lowest BCUT2D eigenvalue weighted by atomic mass is 9.99. The third-order valence-electron chi connectivity index (χ3n) is 6.13. The van der Waals surface area contributed by atoms with Crippen molar-refractivity contribution in [2.45, 2.75) is 19.4 Å². The van der Waals surface area contributed by atoms with Crippen LogP contribution in [0.25, 0.3) is 22.0 Å². The van der Waals surface area contributed by atoms with Crippen molar-refractivity contribution in [2.75, 3.05) is 20.3 Å². The molecule has 1 N–H and O–H groups in total. The van der Waals surface area contributed by atoms with Gasteiger partial charge >= 0.3 is 0 Å². The minimum atomic E-state index is -0.397. The van der Waals surface area contributed by atoms with Crippen molar-refractivity contribution in [2.24, 2.45) is 0 Å². The molecule has 5 rings (SSSR count). The Morgan fingerprint density at radius 2 is 1.77 bits per heavy atom. The van der Waals surface area contributed by atoms with E-state index in [-0.39, 0.29) is 31.3 Å². The van der Waals surface area contributed by atoms with Gasteiger partial charge in [-0.1, -0.05) is 54.6 Å². The van der Waals surface area contributed by atoms with Gasteiger partial charge in [-0.25, -0.2) is 0 Å². The molecule has 178 valence electrons. The van der Waals surface area contributed by atoms with Crippen LogP contribution >= 0.6 is 0 Å².